The number of carbonyl (C=O) groups is 1. The molecule has 2 aliphatic rings. The zero-order valence-electron chi connectivity index (χ0n) is 12.5. The molecule has 0 spiro atoms. The van der Waals surface area contributed by atoms with E-state index in [1.165, 1.54) is 0 Å². The lowest BCUT2D eigenvalue weighted by Gasteiger charge is -2.30. The number of para-hydroxylation sites is 2. The molecular weight excluding hydrogens is 266 g/mol. The summed E-state index contributed by atoms with van der Waals surface area (Å²) >= 11 is 0. The molecular formula is C16H23N3O2. The van der Waals surface area contributed by atoms with E-state index in [0.29, 0.717) is 0 Å². The molecule has 2 fully saturated rings. The summed E-state index contributed by atoms with van der Waals surface area (Å²) in [6.45, 7) is 5.10. The van der Waals surface area contributed by atoms with Gasteiger partial charge in [0.05, 0.1) is 30.5 Å². The Bertz CT molecular complexity index is 500. The van der Waals surface area contributed by atoms with Crippen molar-refractivity contribution < 1.29 is 9.53 Å². The van der Waals surface area contributed by atoms with Crippen molar-refractivity contribution in [3.05, 3.63) is 24.3 Å². The van der Waals surface area contributed by atoms with Gasteiger partial charge in [-0.1, -0.05) is 12.1 Å². The third-order valence-corrected chi connectivity index (χ3v) is 4.28. The molecule has 1 N–H and O–H groups in total. The first-order chi connectivity index (χ1) is 10.2. The summed E-state index contributed by atoms with van der Waals surface area (Å²) in [5.41, 5.74) is 2.01. The smallest absolute Gasteiger partial charge is 0.228 e. The molecule has 1 aromatic carbocycles. The van der Waals surface area contributed by atoms with Crippen LogP contribution in [0.5, 0.6) is 0 Å². The molecule has 1 amide bonds. The van der Waals surface area contributed by atoms with E-state index in [9.17, 15) is 4.79 Å². The fraction of sp³-hybridized carbons (Fsp3) is 0.562. The highest BCUT2D eigenvalue weighted by Crippen LogP contribution is 2.27. The van der Waals surface area contributed by atoms with Gasteiger partial charge in [0, 0.05) is 19.6 Å². The molecule has 5 nitrogen and oxygen atoms in total. The standard InChI is InChI=1S/C16H23N3O2/c1-18-7-6-13(12-18)16(20)17-14-4-2-3-5-15(14)19-8-10-21-11-9-19/h2-5,13H,6-12H2,1H3,(H,17,20). The number of carbonyl (C=O) groups excluding carboxylic acids is 1. The number of rotatable bonds is 3. The van der Waals surface area contributed by atoms with Crippen LogP contribution in [0.4, 0.5) is 11.4 Å². The van der Waals surface area contributed by atoms with Crippen LogP contribution in [0.2, 0.25) is 0 Å². The minimum atomic E-state index is 0.104. The molecule has 21 heavy (non-hydrogen) atoms. The lowest BCUT2D eigenvalue weighted by molar-refractivity contribution is -0.119. The molecule has 114 valence electrons. The number of hydrogen-bond donors (Lipinski definition) is 1. The number of hydrogen-bond acceptors (Lipinski definition) is 4. The quantitative estimate of drug-likeness (QED) is 0.914. The molecule has 0 radical (unpaired) electrons. The summed E-state index contributed by atoms with van der Waals surface area (Å²) < 4.78 is 5.40. The maximum atomic E-state index is 12.4. The largest absolute Gasteiger partial charge is 0.378 e. The molecule has 2 aliphatic heterocycles. The van der Waals surface area contributed by atoms with Crippen molar-refractivity contribution in [3.63, 3.8) is 0 Å². The summed E-state index contributed by atoms with van der Waals surface area (Å²) in [6.07, 6.45) is 0.946. The number of benzene rings is 1. The first kappa shape index (κ1) is 14.4. The van der Waals surface area contributed by atoms with Crippen molar-refractivity contribution in [1.82, 2.24) is 4.90 Å². The summed E-state index contributed by atoms with van der Waals surface area (Å²) in [5.74, 6) is 0.243. The van der Waals surface area contributed by atoms with Gasteiger partial charge in [0.25, 0.3) is 0 Å². The highest BCUT2D eigenvalue weighted by molar-refractivity contribution is 5.96. The van der Waals surface area contributed by atoms with Crippen LogP contribution < -0.4 is 10.2 Å². The highest BCUT2D eigenvalue weighted by Gasteiger charge is 2.27. The zero-order valence-corrected chi connectivity index (χ0v) is 12.5. The number of amides is 1. The minimum Gasteiger partial charge on any atom is -0.378 e. The molecule has 3 rings (SSSR count). The van der Waals surface area contributed by atoms with Crippen molar-refractivity contribution in [1.29, 1.82) is 0 Å². The summed E-state index contributed by atoms with van der Waals surface area (Å²) in [5, 5.41) is 3.12. The van der Waals surface area contributed by atoms with Crippen LogP contribution in [0, 0.1) is 5.92 Å². The third-order valence-electron chi connectivity index (χ3n) is 4.28. The lowest BCUT2D eigenvalue weighted by atomic mass is 10.1. The molecule has 2 heterocycles. The fourth-order valence-electron chi connectivity index (χ4n) is 3.04. The molecule has 1 atom stereocenters. The van der Waals surface area contributed by atoms with Gasteiger partial charge in [-0.05, 0) is 32.1 Å². The van der Waals surface area contributed by atoms with E-state index in [4.69, 9.17) is 4.74 Å². The monoisotopic (exact) mass is 289 g/mol. The molecule has 1 aromatic rings. The number of nitrogens with zero attached hydrogens (tertiary/aromatic N) is 2. The Morgan fingerprint density at radius 1 is 1.24 bits per heavy atom. The van der Waals surface area contributed by atoms with Crippen LogP contribution in [0.15, 0.2) is 24.3 Å². The second kappa shape index (κ2) is 6.45. The first-order valence-electron chi connectivity index (χ1n) is 7.65. The van der Waals surface area contributed by atoms with Gasteiger partial charge in [0.2, 0.25) is 5.91 Å². The van der Waals surface area contributed by atoms with E-state index in [2.05, 4.69) is 28.2 Å². The first-order valence-corrected chi connectivity index (χ1v) is 7.65. The second-order valence-electron chi connectivity index (χ2n) is 5.85. The van der Waals surface area contributed by atoms with E-state index < -0.39 is 0 Å². The van der Waals surface area contributed by atoms with Gasteiger partial charge in [0.1, 0.15) is 0 Å². The summed E-state index contributed by atoms with van der Waals surface area (Å²) in [6, 6.07) is 8.05. The predicted octanol–water partition coefficient (Wildman–Crippen LogP) is 1.41. The van der Waals surface area contributed by atoms with E-state index in [1.807, 2.05) is 18.2 Å². The predicted molar refractivity (Wildman–Crippen MR) is 83.7 cm³/mol. The van der Waals surface area contributed by atoms with Crippen LogP contribution in [0.25, 0.3) is 0 Å². The van der Waals surface area contributed by atoms with Gasteiger partial charge in [-0.15, -0.1) is 0 Å². The number of anilines is 2. The third kappa shape index (κ3) is 3.36. The number of likely N-dealkylation sites (tertiary alicyclic amines) is 1. The number of nitrogens with one attached hydrogen (secondary N) is 1. The van der Waals surface area contributed by atoms with Gasteiger partial charge in [-0.25, -0.2) is 0 Å². The van der Waals surface area contributed by atoms with E-state index in [1.54, 1.807) is 0 Å². The Hall–Kier alpha value is -1.59. The maximum absolute atomic E-state index is 12.4. The Balaban J connectivity index is 1.71. The van der Waals surface area contributed by atoms with Gasteiger partial charge in [-0.3, -0.25) is 4.79 Å². The Morgan fingerprint density at radius 2 is 2.00 bits per heavy atom. The van der Waals surface area contributed by atoms with Crippen molar-refractivity contribution in [2.45, 2.75) is 6.42 Å². The van der Waals surface area contributed by atoms with Gasteiger partial charge in [-0.2, -0.15) is 0 Å². The SMILES string of the molecule is CN1CCC(C(=O)Nc2ccccc2N2CCOCC2)C1. The van der Waals surface area contributed by atoms with Crippen molar-refractivity contribution in [2.24, 2.45) is 5.92 Å². The summed E-state index contributed by atoms with van der Waals surface area (Å²) in [7, 11) is 2.06. The fourth-order valence-corrected chi connectivity index (χ4v) is 3.04. The highest BCUT2D eigenvalue weighted by atomic mass is 16.5. The average Bonchev–Trinajstić information content (AvgIpc) is 2.95. The van der Waals surface area contributed by atoms with Crippen LogP contribution in [-0.4, -0.2) is 57.2 Å². The van der Waals surface area contributed by atoms with Crippen LogP contribution in [0.1, 0.15) is 6.42 Å². The van der Waals surface area contributed by atoms with Gasteiger partial charge < -0.3 is 19.9 Å². The zero-order chi connectivity index (χ0) is 14.7. The number of morpholine rings is 1. The van der Waals surface area contributed by atoms with Gasteiger partial charge >= 0.3 is 0 Å². The molecule has 1 unspecified atom stereocenters. The van der Waals surface area contributed by atoms with Crippen molar-refractivity contribution in [3.8, 4) is 0 Å². The van der Waals surface area contributed by atoms with Gasteiger partial charge in [0.15, 0.2) is 0 Å². The Morgan fingerprint density at radius 3 is 2.71 bits per heavy atom. The molecule has 0 aliphatic carbocycles. The van der Waals surface area contributed by atoms with Crippen LogP contribution in [-0.2, 0) is 9.53 Å². The second-order valence-corrected chi connectivity index (χ2v) is 5.85. The Kier molecular flexibility index (Phi) is 4.41. The molecule has 2 saturated heterocycles. The normalized spacial score (nSPS) is 23.3. The average molecular weight is 289 g/mol. The number of ether oxygens (including phenoxy) is 1. The molecule has 0 aromatic heterocycles. The van der Waals surface area contributed by atoms with Crippen LogP contribution in [0.3, 0.4) is 0 Å². The minimum absolute atomic E-state index is 0.104. The van der Waals surface area contributed by atoms with E-state index in [0.717, 1.165) is 57.2 Å². The maximum Gasteiger partial charge on any atom is 0.228 e. The lowest BCUT2D eigenvalue weighted by Crippen LogP contribution is -2.37. The topological polar surface area (TPSA) is 44.8 Å². The Labute approximate surface area is 125 Å². The molecule has 5 heteroatoms. The van der Waals surface area contributed by atoms with Crippen molar-refractivity contribution >= 4 is 17.3 Å². The molecule has 0 saturated carbocycles. The molecule has 0 bridgehead atoms. The van der Waals surface area contributed by atoms with E-state index >= 15 is 0 Å². The van der Waals surface area contributed by atoms with Crippen molar-refractivity contribution in [2.75, 3.05) is 56.7 Å². The summed E-state index contributed by atoms with van der Waals surface area (Å²) in [4.78, 5) is 16.9. The van der Waals surface area contributed by atoms with Crippen LogP contribution >= 0.6 is 0 Å². The van der Waals surface area contributed by atoms with E-state index in [-0.39, 0.29) is 11.8 Å².